The van der Waals surface area contributed by atoms with Gasteiger partial charge in [-0.25, -0.2) is 4.57 Å². The lowest BCUT2D eigenvalue weighted by Crippen LogP contribution is -2.29. The van der Waals surface area contributed by atoms with Crippen LogP contribution in [0.25, 0.3) is 0 Å². The predicted molar refractivity (Wildman–Crippen MR) is 366 cm³/mol. The van der Waals surface area contributed by atoms with Gasteiger partial charge in [0, 0.05) is 19.4 Å². The van der Waals surface area contributed by atoms with Crippen molar-refractivity contribution in [1.29, 1.82) is 0 Å². The maximum Gasteiger partial charge on any atom is 0.472 e. The van der Waals surface area contributed by atoms with Crippen LogP contribution < -0.4 is 5.73 Å². The van der Waals surface area contributed by atoms with Crippen LogP contribution in [0, 0.1) is 0 Å². The van der Waals surface area contributed by atoms with Crippen molar-refractivity contribution in [2.45, 2.75) is 264 Å². The smallest absolute Gasteiger partial charge is 0.462 e. The maximum atomic E-state index is 12.8. The number of allylic oxidation sites excluding steroid dienone is 28. The molecule has 0 bridgehead atoms. The minimum absolute atomic E-state index is 0.0437. The lowest BCUT2D eigenvalue weighted by molar-refractivity contribution is -0.161. The van der Waals surface area contributed by atoms with E-state index in [0.717, 1.165) is 148 Å². The SMILES string of the molecule is CC/C=C\C/C=C\C/C=C\C/C=C\C/C=C\C/C=C\C/C=C\C/C=C\CCCCCCCCCCCCC(=O)OC(COC(=O)CCCCCCCCCCCC/C=C\C/C=C\C/C=C\C/C=C\C/C=C\C/C=C\CC)COP(=O)(O)OCCN. The van der Waals surface area contributed by atoms with Crippen molar-refractivity contribution < 1.29 is 37.6 Å². The minimum atomic E-state index is -4.41. The van der Waals surface area contributed by atoms with E-state index >= 15 is 0 Å². The predicted octanol–water partition coefficient (Wildman–Crippen LogP) is 22.2. The number of carbonyl (C=O) groups is 2. The molecule has 0 aliphatic rings. The molecule has 85 heavy (non-hydrogen) atoms. The summed E-state index contributed by atoms with van der Waals surface area (Å²) in [5, 5.41) is 0. The molecule has 0 rings (SSSR count). The second kappa shape index (κ2) is 68.5. The summed E-state index contributed by atoms with van der Waals surface area (Å²) in [5.41, 5.74) is 5.40. The average molecular weight is 1200 g/mol. The van der Waals surface area contributed by atoms with Crippen molar-refractivity contribution >= 4 is 19.8 Å². The highest BCUT2D eigenvalue weighted by Crippen LogP contribution is 2.43. The van der Waals surface area contributed by atoms with Crippen LogP contribution in [-0.4, -0.2) is 49.3 Å². The molecule has 480 valence electrons. The van der Waals surface area contributed by atoms with E-state index in [9.17, 15) is 19.0 Å². The van der Waals surface area contributed by atoms with Gasteiger partial charge in [-0.2, -0.15) is 0 Å². The van der Waals surface area contributed by atoms with Crippen molar-refractivity contribution in [1.82, 2.24) is 0 Å². The molecule has 0 aromatic carbocycles. The first-order chi connectivity index (χ1) is 41.8. The summed E-state index contributed by atoms with van der Waals surface area (Å²) in [4.78, 5) is 35.3. The number of hydrogen-bond donors (Lipinski definition) is 2. The normalized spacial score (nSPS) is 14.1. The van der Waals surface area contributed by atoms with E-state index in [1.807, 2.05) is 0 Å². The maximum absolute atomic E-state index is 12.8. The summed E-state index contributed by atoms with van der Waals surface area (Å²) in [5.74, 6) is -0.846. The number of phosphoric acid groups is 1. The molecule has 0 fully saturated rings. The first-order valence-corrected chi connectivity index (χ1v) is 35.1. The summed E-state index contributed by atoms with van der Waals surface area (Å²) in [7, 11) is -4.41. The molecule has 0 spiro atoms. The monoisotopic (exact) mass is 1200 g/mol. The van der Waals surface area contributed by atoms with Crippen LogP contribution in [0.4, 0.5) is 0 Å². The molecule has 9 nitrogen and oxygen atoms in total. The Morgan fingerprint density at radius 3 is 0.906 bits per heavy atom. The Morgan fingerprint density at radius 2 is 0.612 bits per heavy atom. The molecular weight excluding hydrogens is 1070 g/mol. The van der Waals surface area contributed by atoms with E-state index in [1.54, 1.807) is 0 Å². The van der Waals surface area contributed by atoms with E-state index in [1.165, 1.54) is 77.0 Å². The number of phosphoric ester groups is 1. The molecule has 3 N–H and O–H groups in total. The quantitative estimate of drug-likeness (QED) is 0.0264. The van der Waals surface area contributed by atoms with E-state index in [2.05, 4.69) is 184 Å². The minimum Gasteiger partial charge on any atom is -0.462 e. The van der Waals surface area contributed by atoms with Crippen LogP contribution in [0.1, 0.15) is 258 Å². The Balaban J connectivity index is 3.99. The van der Waals surface area contributed by atoms with E-state index in [-0.39, 0.29) is 32.6 Å². The molecular formula is C75H122NO8P. The van der Waals surface area contributed by atoms with Crippen LogP contribution in [0.5, 0.6) is 0 Å². The molecule has 0 saturated heterocycles. The summed E-state index contributed by atoms with van der Waals surface area (Å²) in [6.07, 6.45) is 101. The molecule has 2 unspecified atom stereocenters. The van der Waals surface area contributed by atoms with Crippen molar-refractivity contribution in [2.75, 3.05) is 26.4 Å². The fourth-order valence-corrected chi connectivity index (χ4v) is 9.48. The second-order valence-corrected chi connectivity index (χ2v) is 23.0. The molecule has 0 radical (unpaired) electrons. The van der Waals surface area contributed by atoms with Gasteiger partial charge in [-0.05, 0) is 128 Å². The fraction of sp³-hybridized carbons (Fsp3) is 0.600. The van der Waals surface area contributed by atoms with Crippen molar-refractivity contribution in [2.24, 2.45) is 5.73 Å². The Bertz CT molecular complexity index is 2000. The second-order valence-electron chi connectivity index (χ2n) is 21.6. The number of nitrogens with two attached hydrogens (primary N) is 1. The summed E-state index contributed by atoms with van der Waals surface area (Å²) in [6.45, 7) is 3.50. The Morgan fingerprint density at radius 1 is 0.353 bits per heavy atom. The number of unbranched alkanes of at least 4 members (excludes halogenated alkanes) is 20. The van der Waals surface area contributed by atoms with Gasteiger partial charge in [0.25, 0.3) is 0 Å². The van der Waals surface area contributed by atoms with Crippen LogP contribution in [0.15, 0.2) is 170 Å². The van der Waals surface area contributed by atoms with Crippen LogP contribution >= 0.6 is 7.82 Å². The Kier molecular flexibility index (Phi) is 64.8. The van der Waals surface area contributed by atoms with Crippen LogP contribution in [0.3, 0.4) is 0 Å². The lowest BCUT2D eigenvalue weighted by Gasteiger charge is -2.19. The zero-order valence-electron chi connectivity index (χ0n) is 53.8. The van der Waals surface area contributed by atoms with Crippen LogP contribution in [0.2, 0.25) is 0 Å². The third-order valence-electron chi connectivity index (χ3n) is 13.6. The van der Waals surface area contributed by atoms with E-state index < -0.39 is 32.5 Å². The molecule has 2 atom stereocenters. The largest absolute Gasteiger partial charge is 0.472 e. The Labute approximate surface area is 521 Å². The zero-order valence-corrected chi connectivity index (χ0v) is 54.7. The molecule has 0 aliphatic heterocycles. The first kappa shape index (κ1) is 80.4. The van der Waals surface area contributed by atoms with Gasteiger partial charge in [-0.1, -0.05) is 287 Å². The third kappa shape index (κ3) is 68.4. The molecule has 0 aromatic heterocycles. The lowest BCUT2D eigenvalue weighted by atomic mass is 10.0. The van der Waals surface area contributed by atoms with Gasteiger partial charge in [-0.15, -0.1) is 0 Å². The highest BCUT2D eigenvalue weighted by molar-refractivity contribution is 7.47. The van der Waals surface area contributed by atoms with E-state index in [0.29, 0.717) is 6.42 Å². The zero-order chi connectivity index (χ0) is 61.6. The number of ether oxygens (including phenoxy) is 2. The van der Waals surface area contributed by atoms with Gasteiger partial charge < -0.3 is 20.1 Å². The number of carbonyl (C=O) groups excluding carboxylic acids is 2. The summed E-state index contributed by atoms with van der Waals surface area (Å²) in [6, 6.07) is 0. The van der Waals surface area contributed by atoms with Gasteiger partial charge in [-0.3, -0.25) is 18.6 Å². The van der Waals surface area contributed by atoms with Gasteiger partial charge >= 0.3 is 19.8 Å². The summed E-state index contributed by atoms with van der Waals surface area (Å²) >= 11 is 0. The molecule has 0 aromatic rings. The molecule has 0 saturated carbocycles. The molecule has 0 aliphatic carbocycles. The van der Waals surface area contributed by atoms with Gasteiger partial charge in [0.15, 0.2) is 6.10 Å². The highest BCUT2D eigenvalue weighted by Gasteiger charge is 2.26. The number of hydrogen-bond acceptors (Lipinski definition) is 8. The van der Waals surface area contributed by atoms with Gasteiger partial charge in [0.1, 0.15) is 6.61 Å². The average Bonchev–Trinajstić information content (AvgIpc) is 3.52. The number of rotatable bonds is 61. The van der Waals surface area contributed by atoms with E-state index in [4.69, 9.17) is 24.3 Å². The first-order valence-electron chi connectivity index (χ1n) is 33.6. The molecule has 0 amide bonds. The molecule has 0 heterocycles. The highest BCUT2D eigenvalue weighted by atomic mass is 31.2. The summed E-state index contributed by atoms with van der Waals surface area (Å²) < 4.78 is 33.1. The third-order valence-corrected chi connectivity index (χ3v) is 14.6. The number of esters is 2. The standard InChI is InChI=1S/C75H122NO8P/c1-3-5-7-9-11-13-15-17-19-21-23-25-27-29-31-33-34-35-36-37-38-40-42-44-46-48-50-52-54-56-58-60-62-64-66-68-75(78)84-73(72-83-85(79,80)82-70-69-76)71-81-74(77)67-65-63-61-59-57-55-53-51-49-47-45-43-41-39-32-30-28-26-24-22-20-18-16-14-12-10-8-6-4-2/h5-8,11-14,17-20,23-26,29-32,34-35,37-38,41-44,73H,3-4,9-10,15-16,21-22,27-28,33,36,39-40,45-72,76H2,1-2H3,(H,79,80)/b7-5-,8-6-,13-11-,14-12-,19-17-,20-18-,25-23-,26-24-,31-29-,32-30-,35-34-,38-37-,43-41-,44-42-. The van der Waals surface area contributed by atoms with Crippen molar-refractivity contribution in [3.63, 3.8) is 0 Å². The molecule has 10 heteroatoms. The fourth-order valence-electron chi connectivity index (χ4n) is 8.71. The van der Waals surface area contributed by atoms with Crippen LogP contribution in [-0.2, 0) is 32.7 Å². The van der Waals surface area contributed by atoms with Crippen molar-refractivity contribution in [3.8, 4) is 0 Å². The topological polar surface area (TPSA) is 134 Å². The van der Waals surface area contributed by atoms with Gasteiger partial charge in [0.2, 0.25) is 0 Å². The van der Waals surface area contributed by atoms with Crippen molar-refractivity contribution in [3.05, 3.63) is 170 Å². The van der Waals surface area contributed by atoms with Gasteiger partial charge in [0.05, 0.1) is 13.2 Å². The Hall–Kier alpha value is -4.63.